The summed E-state index contributed by atoms with van der Waals surface area (Å²) in [5.41, 5.74) is 7.35. The van der Waals surface area contributed by atoms with Gasteiger partial charge in [0.2, 0.25) is 0 Å². The Morgan fingerprint density at radius 2 is 2.14 bits per heavy atom. The van der Waals surface area contributed by atoms with Gasteiger partial charge in [0.1, 0.15) is 17.2 Å². The number of benzene rings is 1. The van der Waals surface area contributed by atoms with Crippen LogP contribution in [-0.4, -0.2) is 0 Å². The van der Waals surface area contributed by atoms with Gasteiger partial charge in [0.05, 0.1) is 6.04 Å². The van der Waals surface area contributed by atoms with Crippen LogP contribution in [0.15, 0.2) is 22.6 Å². The largest absolute Gasteiger partial charge is 0.459 e. The summed E-state index contributed by atoms with van der Waals surface area (Å²) < 4.78 is 18.5. The van der Waals surface area contributed by atoms with Gasteiger partial charge >= 0.3 is 0 Å². The molecule has 14 heavy (non-hydrogen) atoms. The molecule has 0 aliphatic carbocycles. The van der Waals surface area contributed by atoms with Crippen molar-refractivity contribution in [3.63, 3.8) is 0 Å². The van der Waals surface area contributed by atoms with Crippen LogP contribution >= 0.6 is 0 Å². The third-order valence-corrected chi connectivity index (χ3v) is 2.35. The minimum atomic E-state index is -0.252. The Labute approximate surface area is 81.5 Å². The Bertz CT molecular complexity index is 473. The van der Waals surface area contributed by atoms with Crippen molar-refractivity contribution in [2.24, 2.45) is 5.73 Å². The SMILES string of the molecule is Cc1c([C@@H](C)N)oc2ccc(F)cc12. The van der Waals surface area contributed by atoms with Crippen molar-refractivity contribution >= 4 is 11.0 Å². The highest BCUT2D eigenvalue weighted by atomic mass is 19.1. The molecule has 2 N–H and O–H groups in total. The predicted octanol–water partition coefficient (Wildman–Crippen LogP) is 2.90. The van der Waals surface area contributed by atoms with E-state index < -0.39 is 0 Å². The lowest BCUT2D eigenvalue weighted by Crippen LogP contribution is -2.04. The van der Waals surface area contributed by atoms with Gasteiger partial charge in [-0.15, -0.1) is 0 Å². The first-order valence-corrected chi connectivity index (χ1v) is 4.53. The normalized spacial score (nSPS) is 13.4. The first-order chi connectivity index (χ1) is 6.59. The topological polar surface area (TPSA) is 39.2 Å². The molecule has 0 saturated heterocycles. The Morgan fingerprint density at radius 1 is 1.43 bits per heavy atom. The van der Waals surface area contributed by atoms with E-state index in [0.29, 0.717) is 5.58 Å². The van der Waals surface area contributed by atoms with Gasteiger partial charge in [0.15, 0.2) is 0 Å². The number of nitrogens with two attached hydrogens (primary N) is 1. The summed E-state index contributed by atoms with van der Waals surface area (Å²) in [6.45, 7) is 3.74. The minimum Gasteiger partial charge on any atom is -0.459 e. The molecular weight excluding hydrogens is 181 g/mol. The summed E-state index contributed by atoms with van der Waals surface area (Å²) in [6, 6.07) is 4.32. The lowest BCUT2D eigenvalue weighted by molar-refractivity contribution is 0.509. The molecule has 0 radical (unpaired) electrons. The van der Waals surface area contributed by atoms with Crippen molar-refractivity contribution in [1.29, 1.82) is 0 Å². The second kappa shape index (κ2) is 3.10. The van der Waals surface area contributed by atoms with Crippen molar-refractivity contribution < 1.29 is 8.81 Å². The van der Waals surface area contributed by atoms with Gasteiger partial charge in [-0.25, -0.2) is 4.39 Å². The van der Waals surface area contributed by atoms with E-state index in [2.05, 4.69) is 0 Å². The fourth-order valence-electron chi connectivity index (χ4n) is 1.65. The monoisotopic (exact) mass is 193 g/mol. The molecule has 1 aromatic carbocycles. The van der Waals surface area contributed by atoms with Crippen LogP contribution < -0.4 is 5.73 Å². The Morgan fingerprint density at radius 3 is 2.79 bits per heavy atom. The molecule has 0 unspecified atom stereocenters. The maximum atomic E-state index is 13.0. The first kappa shape index (κ1) is 9.21. The van der Waals surface area contributed by atoms with E-state index in [1.54, 1.807) is 6.07 Å². The summed E-state index contributed by atoms with van der Waals surface area (Å²) in [6.07, 6.45) is 0. The highest BCUT2D eigenvalue weighted by molar-refractivity contribution is 5.82. The minimum absolute atomic E-state index is 0.162. The number of fused-ring (bicyclic) bond motifs is 1. The molecule has 0 aliphatic rings. The molecule has 0 amide bonds. The van der Waals surface area contributed by atoms with Gasteiger partial charge < -0.3 is 10.2 Å². The van der Waals surface area contributed by atoms with Gasteiger partial charge in [0.25, 0.3) is 0 Å². The highest BCUT2D eigenvalue weighted by Crippen LogP contribution is 2.28. The van der Waals surface area contributed by atoms with Crippen molar-refractivity contribution in [3.05, 3.63) is 35.3 Å². The highest BCUT2D eigenvalue weighted by Gasteiger charge is 2.13. The van der Waals surface area contributed by atoms with Gasteiger partial charge in [0, 0.05) is 10.9 Å². The molecule has 0 saturated carbocycles. The number of rotatable bonds is 1. The standard InChI is InChI=1S/C11H12FNO/c1-6-9-5-8(12)3-4-10(9)14-11(6)7(2)13/h3-5,7H,13H2,1-2H3/t7-/m1/s1. The third kappa shape index (κ3) is 1.30. The number of halogens is 1. The summed E-state index contributed by atoms with van der Waals surface area (Å²) in [5, 5.41) is 0.803. The van der Waals surface area contributed by atoms with Crippen LogP contribution in [0.4, 0.5) is 4.39 Å². The molecule has 0 aliphatic heterocycles. The zero-order chi connectivity index (χ0) is 10.3. The van der Waals surface area contributed by atoms with Crippen molar-refractivity contribution in [2.75, 3.05) is 0 Å². The summed E-state index contributed by atoms with van der Waals surface area (Å²) in [7, 11) is 0. The number of aryl methyl sites for hydroxylation is 1. The van der Waals surface area contributed by atoms with Crippen LogP contribution in [0.3, 0.4) is 0 Å². The van der Waals surface area contributed by atoms with Crippen LogP contribution in [-0.2, 0) is 0 Å². The van der Waals surface area contributed by atoms with E-state index in [1.165, 1.54) is 12.1 Å². The Hall–Kier alpha value is -1.35. The fraction of sp³-hybridized carbons (Fsp3) is 0.273. The molecule has 1 heterocycles. The maximum absolute atomic E-state index is 13.0. The lowest BCUT2D eigenvalue weighted by Gasteiger charge is -2.00. The van der Waals surface area contributed by atoms with E-state index in [-0.39, 0.29) is 11.9 Å². The van der Waals surface area contributed by atoms with Gasteiger partial charge in [-0.2, -0.15) is 0 Å². The van der Waals surface area contributed by atoms with Crippen LogP contribution in [0.25, 0.3) is 11.0 Å². The quantitative estimate of drug-likeness (QED) is 0.756. The molecule has 1 aromatic heterocycles. The van der Waals surface area contributed by atoms with Crippen molar-refractivity contribution in [3.8, 4) is 0 Å². The Kier molecular flexibility index (Phi) is 2.04. The Balaban J connectivity index is 2.74. The number of hydrogen-bond acceptors (Lipinski definition) is 2. The second-order valence-corrected chi connectivity index (χ2v) is 3.52. The summed E-state index contributed by atoms with van der Waals surface area (Å²) in [4.78, 5) is 0. The molecule has 2 rings (SSSR count). The molecule has 0 bridgehead atoms. The van der Waals surface area contributed by atoms with E-state index >= 15 is 0 Å². The smallest absolute Gasteiger partial charge is 0.134 e. The van der Waals surface area contributed by atoms with Crippen LogP contribution in [0.2, 0.25) is 0 Å². The molecule has 2 nitrogen and oxygen atoms in total. The molecule has 0 fully saturated rings. The zero-order valence-corrected chi connectivity index (χ0v) is 8.17. The van der Waals surface area contributed by atoms with Gasteiger partial charge in [-0.1, -0.05) is 0 Å². The zero-order valence-electron chi connectivity index (χ0n) is 8.17. The van der Waals surface area contributed by atoms with Gasteiger partial charge in [-0.05, 0) is 32.0 Å². The molecule has 2 aromatic rings. The number of hydrogen-bond donors (Lipinski definition) is 1. The van der Waals surface area contributed by atoms with Crippen molar-refractivity contribution in [1.82, 2.24) is 0 Å². The van der Waals surface area contributed by atoms with Crippen LogP contribution in [0.1, 0.15) is 24.3 Å². The predicted molar refractivity (Wildman–Crippen MR) is 53.5 cm³/mol. The molecule has 74 valence electrons. The summed E-state index contributed by atoms with van der Waals surface area (Å²) >= 11 is 0. The van der Waals surface area contributed by atoms with E-state index in [1.807, 2.05) is 13.8 Å². The van der Waals surface area contributed by atoms with E-state index in [4.69, 9.17) is 10.2 Å². The summed E-state index contributed by atoms with van der Waals surface area (Å²) in [5.74, 6) is 0.475. The third-order valence-electron chi connectivity index (χ3n) is 2.35. The average Bonchev–Trinajstić information content (AvgIpc) is 2.44. The fourth-order valence-corrected chi connectivity index (χ4v) is 1.65. The molecular formula is C11H12FNO. The maximum Gasteiger partial charge on any atom is 0.134 e. The van der Waals surface area contributed by atoms with E-state index in [0.717, 1.165) is 16.7 Å². The van der Waals surface area contributed by atoms with Crippen LogP contribution in [0.5, 0.6) is 0 Å². The molecule has 3 heteroatoms. The molecule has 0 spiro atoms. The first-order valence-electron chi connectivity index (χ1n) is 4.53. The second-order valence-electron chi connectivity index (χ2n) is 3.52. The average molecular weight is 193 g/mol. The van der Waals surface area contributed by atoms with Crippen molar-refractivity contribution in [2.45, 2.75) is 19.9 Å². The molecule has 1 atom stereocenters. The lowest BCUT2D eigenvalue weighted by atomic mass is 10.1. The van der Waals surface area contributed by atoms with Gasteiger partial charge in [-0.3, -0.25) is 0 Å². The number of furan rings is 1. The van der Waals surface area contributed by atoms with Crippen LogP contribution in [0, 0.1) is 12.7 Å². The van der Waals surface area contributed by atoms with E-state index in [9.17, 15) is 4.39 Å².